The molecule has 14 amide bonds. The van der Waals surface area contributed by atoms with E-state index >= 15 is 0 Å². The summed E-state index contributed by atoms with van der Waals surface area (Å²) >= 11 is 3.23. The Hall–Kier alpha value is -7.99. The molecule has 3 fully saturated rings. The lowest BCUT2D eigenvalue weighted by molar-refractivity contribution is -0.142. The first-order chi connectivity index (χ1) is 44.0. The molecule has 18 N–H and O–H groups in total. The summed E-state index contributed by atoms with van der Waals surface area (Å²) in [7, 11) is 0. The number of unbranched alkanes of at least 4 members (excludes halogenated alkanes) is 2. The number of amides is 14. The first-order valence-electron chi connectivity index (χ1n) is 31.5. The fourth-order valence-corrected chi connectivity index (χ4v) is 13.2. The number of hydrogen-bond acceptors (Lipinski definition) is 16. The van der Waals surface area contributed by atoms with Crippen LogP contribution >= 0.6 is 23.5 Å². The first-order valence-corrected chi connectivity index (χ1v) is 33.9. The molecule has 506 valence electrons. The number of hydrogen-bond donors (Lipinski definition) is 14. The van der Waals surface area contributed by atoms with Gasteiger partial charge in [-0.1, -0.05) is 80.9 Å². The van der Waals surface area contributed by atoms with E-state index in [0.717, 1.165) is 18.6 Å². The topological polar surface area (TPSA) is 450 Å². The van der Waals surface area contributed by atoms with Gasteiger partial charge < -0.3 is 81.0 Å². The fourth-order valence-electron chi connectivity index (χ4n) is 11.1. The van der Waals surface area contributed by atoms with Crippen molar-refractivity contribution in [3.63, 3.8) is 0 Å². The van der Waals surface area contributed by atoms with Crippen LogP contribution in [0.15, 0.2) is 60.7 Å². The highest BCUT2D eigenvalue weighted by Crippen LogP contribution is 2.33. The molecule has 3 saturated heterocycles. The van der Waals surface area contributed by atoms with Gasteiger partial charge in [-0.2, -0.15) is 23.5 Å². The minimum atomic E-state index is -1.61. The van der Waals surface area contributed by atoms with Gasteiger partial charge in [0, 0.05) is 49.7 Å². The van der Waals surface area contributed by atoms with Gasteiger partial charge in [-0.3, -0.25) is 57.5 Å². The lowest BCUT2D eigenvalue weighted by Gasteiger charge is -2.30. The third kappa shape index (κ3) is 25.2. The Balaban J connectivity index is 1.30. The van der Waals surface area contributed by atoms with Gasteiger partial charge in [-0.15, -0.1) is 0 Å². The van der Waals surface area contributed by atoms with Crippen LogP contribution in [-0.2, 0) is 70.4 Å². The van der Waals surface area contributed by atoms with Crippen LogP contribution in [0.3, 0.4) is 0 Å². The Morgan fingerprint density at radius 2 is 1.16 bits per heavy atom. The van der Waals surface area contributed by atoms with Crippen LogP contribution in [0.1, 0.15) is 121 Å². The fraction of sp³-hybridized carbons (Fsp3) is 0.597. The summed E-state index contributed by atoms with van der Waals surface area (Å²) in [6, 6.07) is 6.80. The summed E-state index contributed by atoms with van der Waals surface area (Å²) in [5.41, 5.74) is 23.6. The van der Waals surface area contributed by atoms with Crippen molar-refractivity contribution in [2.75, 3.05) is 37.4 Å². The van der Waals surface area contributed by atoms with Crippen LogP contribution < -0.4 is 76.1 Å². The van der Waals surface area contributed by atoms with E-state index in [-0.39, 0.29) is 93.1 Å². The molecule has 3 aliphatic rings. The molecule has 0 bridgehead atoms. The van der Waals surface area contributed by atoms with E-state index < -0.39 is 139 Å². The maximum absolute atomic E-state index is 14.6. The van der Waals surface area contributed by atoms with E-state index in [1.165, 1.54) is 16.7 Å². The molecule has 11 atom stereocenters. The van der Waals surface area contributed by atoms with Gasteiger partial charge in [-0.05, 0) is 106 Å². The molecule has 0 aromatic heterocycles. The van der Waals surface area contributed by atoms with E-state index in [1.807, 2.05) is 20.1 Å². The van der Waals surface area contributed by atoms with Gasteiger partial charge in [0.15, 0.2) is 0 Å². The summed E-state index contributed by atoms with van der Waals surface area (Å²) in [5, 5.41) is 27.3. The van der Waals surface area contributed by atoms with E-state index in [1.54, 1.807) is 72.4 Å². The van der Waals surface area contributed by atoms with Crippen molar-refractivity contribution in [2.45, 2.75) is 189 Å². The molecule has 5 rings (SSSR count). The number of nitrogens with zero attached hydrogens (tertiary/aromatic N) is 1. The van der Waals surface area contributed by atoms with Crippen molar-refractivity contribution in [3.8, 4) is 0 Å². The third-order valence-corrected chi connectivity index (χ3v) is 18.2. The predicted molar refractivity (Wildman–Crippen MR) is 347 cm³/mol. The molecule has 3 aliphatic heterocycles. The van der Waals surface area contributed by atoms with Gasteiger partial charge in [0.25, 0.3) is 0 Å². The predicted octanol–water partition coefficient (Wildman–Crippen LogP) is -1.36. The molecule has 2 aromatic rings. The highest BCUT2D eigenvalue weighted by Gasteiger charge is 2.43. The summed E-state index contributed by atoms with van der Waals surface area (Å²) < 4.78 is 0. The number of urea groups is 1. The second-order valence-corrected chi connectivity index (χ2v) is 26.1. The number of fused-ring (bicyclic) bond motifs is 1. The largest absolute Gasteiger partial charge is 0.370 e. The number of likely N-dealkylation sites (tertiary alicyclic amines) is 1. The van der Waals surface area contributed by atoms with Crippen molar-refractivity contribution < 1.29 is 62.3 Å². The smallest absolute Gasteiger partial charge is 0.315 e. The second-order valence-electron chi connectivity index (χ2n) is 23.8. The third-order valence-electron chi connectivity index (χ3n) is 16.0. The SMILES string of the molecule is CSCCC(NC(=O)C(CC(C)C)NC(=O)CNC(=O)C(Cc1ccccc1)NC(=O)C(Cc1ccccc1)NC(=O)C(CCC(N)=O)NC(=O)C(CCC(N)=O)NC(=O)C1CCCN1C(=O)C(CCCCN)NC(=O)CCCCC1SCC2NC(=O)NC21)C(N)=O. The zero-order valence-corrected chi connectivity index (χ0v) is 54.3. The van der Waals surface area contributed by atoms with E-state index in [9.17, 15) is 62.3 Å². The highest BCUT2D eigenvalue weighted by molar-refractivity contribution is 8.00. The molecule has 2 aromatic carbocycles. The Morgan fingerprint density at radius 1 is 0.609 bits per heavy atom. The molecule has 92 heavy (non-hydrogen) atoms. The Kier molecular flexibility index (Phi) is 31.5. The van der Waals surface area contributed by atoms with Gasteiger partial charge in [-0.25, -0.2) is 4.79 Å². The van der Waals surface area contributed by atoms with E-state index in [4.69, 9.17) is 22.9 Å². The highest BCUT2D eigenvalue weighted by atomic mass is 32.2. The first kappa shape index (κ1) is 74.7. The normalized spacial score (nSPS) is 18.8. The summed E-state index contributed by atoms with van der Waals surface area (Å²) in [5.74, 6) is -7.87. The minimum Gasteiger partial charge on any atom is -0.370 e. The zero-order chi connectivity index (χ0) is 67.3. The number of primary amides is 3. The van der Waals surface area contributed by atoms with Gasteiger partial charge in [0.1, 0.15) is 48.3 Å². The molecule has 28 nitrogen and oxygen atoms in total. The number of benzene rings is 2. The molecule has 0 radical (unpaired) electrons. The number of carbonyl (C=O) groups excluding carboxylic acids is 13. The number of rotatable bonds is 41. The molecular formula is C62H93N15O13S2. The van der Waals surface area contributed by atoms with Crippen LogP contribution in [-0.4, -0.2) is 185 Å². The van der Waals surface area contributed by atoms with E-state index in [0.29, 0.717) is 49.1 Å². The minimum absolute atomic E-state index is 0.0302. The van der Waals surface area contributed by atoms with Crippen molar-refractivity contribution in [1.82, 2.24) is 58.1 Å². The molecule has 0 aliphatic carbocycles. The Labute approximate surface area is 545 Å². The van der Waals surface area contributed by atoms with Gasteiger partial charge in [0.2, 0.25) is 70.9 Å². The van der Waals surface area contributed by atoms with Crippen LogP contribution in [0.4, 0.5) is 4.79 Å². The van der Waals surface area contributed by atoms with Crippen LogP contribution in [0, 0.1) is 5.92 Å². The lowest BCUT2D eigenvalue weighted by Crippen LogP contribution is -2.60. The number of carbonyl (C=O) groups is 13. The molecular weight excluding hydrogens is 1230 g/mol. The Morgan fingerprint density at radius 3 is 1.74 bits per heavy atom. The monoisotopic (exact) mass is 1320 g/mol. The number of thioether (sulfide) groups is 2. The maximum Gasteiger partial charge on any atom is 0.315 e. The summed E-state index contributed by atoms with van der Waals surface area (Å²) in [4.78, 5) is 177. The summed E-state index contributed by atoms with van der Waals surface area (Å²) in [6.07, 6.45) is 4.43. The van der Waals surface area contributed by atoms with Crippen molar-refractivity contribution in [2.24, 2.45) is 28.9 Å². The van der Waals surface area contributed by atoms with Gasteiger partial charge in [0.05, 0.1) is 18.6 Å². The van der Waals surface area contributed by atoms with Crippen molar-refractivity contribution in [1.29, 1.82) is 0 Å². The zero-order valence-electron chi connectivity index (χ0n) is 52.6. The van der Waals surface area contributed by atoms with Crippen LogP contribution in [0.5, 0.6) is 0 Å². The average Bonchev–Trinajstić information content (AvgIpc) is 1.66. The van der Waals surface area contributed by atoms with E-state index in [2.05, 4.69) is 53.2 Å². The molecule has 0 saturated carbocycles. The Bertz CT molecular complexity index is 2860. The lowest BCUT2D eigenvalue weighted by atomic mass is 10.0. The molecule has 30 heteroatoms. The molecule has 0 spiro atoms. The van der Waals surface area contributed by atoms with Crippen LogP contribution in [0.25, 0.3) is 0 Å². The van der Waals surface area contributed by atoms with Crippen molar-refractivity contribution in [3.05, 3.63) is 71.8 Å². The van der Waals surface area contributed by atoms with Gasteiger partial charge >= 0.3 is 6.03 Å². The quantitative estimate of drug-likeness (QED) is 0.0270. The standard InChI is InChI=1S/C62H93N15O13S2/c1-36(2)31-43(58(86)70-39(54(66)82)27-30-91-3)69-52(81)34-67-55(83)44(32-37-15-6-4-7-16-37)73-59(87)45(33-38-17-8-5-9-18-38)74-57(85)40(23-25-49(64)78)71-56(84)41(24-26-50(65)79)72-60(88)47-20-14-29-77(47)61(89)42(19-12-13-28-63)68-51(80)22-11-10-21-48-53-46(35-92-48)75-62(90)76-53/h4-9,15-18,36,39-48,53H,10-14,19-35,63H2,1-3H3,(H2,64,78)(H2,65,79)(H2,66,82)(H,67,83)(H,68,80)(H,69,81)(H,70,86)(H,71,84)(H,72,88)(H,73,87)(H,74,85)(H2,75,76,90). The number of nitrogens with one attached hydrogen (secondary N) is 10. The molecule has 3 heterocycles. The van der Waals surface area contributed by atoms with Crippen LogP contribution in [0.2, 0.25) is 0 Å². The summed E-state index contributed by atoms with van der Waals surface area (Å²) in [6.45, 7) is 3.52. The van der Waals surface area contributed by atoms with Crippen molar-refractivity contribution >= 4 is 100 Å². The number of nitrogens with two attached hydrogens (primary N) is 4. The maximum atomic E-state index is 14.6. The second kappa shape index (κ2) is 38.8. The average molecular weight is 1320 g/mol. The molecule has 11 unspecified atom stereocenters.